The van der Waals surface area contributed by atoms with Gasteiger partial charge in [0.1, 0.15) is 51.5 Å². The summed E-state index contributed by atoms with van der Waals surface area (Å²) in [6.07, 6.45) is 5.54. The Morgan fingerprint density at radius 2 is 1.71 bits per heavy atom. The van der Waals surface area contributed by atoms with Crippen molar-refractivity contribution in [2.45, 2.75) is 36.2 Å². The van der Waals surface area contributed by atoms with Gasteiger partial charge in [-0.25, -0.2) is 37.1 Å². The number of pyridine rings is 1. The van der Waals surface area contributed by atoms with E-state index >= 15 is 8.78 Å². The van der Waals surface area contributed by atoms with Gasteiger partial charge in [0.05, 0.1) is 32.5 Å². The molecule has 51 heavy (non-hydrogen) atoms. The highest BCUT2D eigenvalue weighted by molar-refractivity contribution is 7.92. The van der Waals surface area contributed by atoms with Crippen molar-refractivity contribution in [3.05, 3.63) is 95.0 Å². The van der Waals surface area contributed by atoms with E-state index in [1.54, 1.807) is 23.0 Å². The highest BCUT2D eigenvalue weighted by atomic mass is 35.5. The normalized spacial score (nSPS) is 15.8. The van der Waals surface area contributed by atoms with E-state index in [0.29, 0.717) is 30.8 Å². The Kier molecular flexibility index (Phi) is 8.15. The molecule has 3 aromatic carbocycles. The van der Waals surface area contributed by atoms with Crippen LogP contribution in [0.4, 0.5) is 31.7 Å². The molecule has 1 spiro atoms. The molecule has 17 heteroatoms. The Labute approximate surface area is 299 Å². The zero-order valence-electron chi connectivity index (χ0n) is 26.4. The lowest BCUT2D eigenvalue weighted by Crippen LogP contribution is -2.44. The van der Waals surface area contributed by atoms with Crippen LogP contribution >= 0.6 is 23.2 Å². The van der Waals surface area contributed by atoms with Gasteiger partial charge < -0.3 is 15.0 Å². The number of carbonyl (C=O) groups is 1. The molecule has 8 rings (SSSR count). The van der Waals surface area contributed by atoms with Gasteiger partial charge in [-0.15, -0.1) is 0 Å². The Bertz CT molecular complexity index is 2490. The minimum atomic E-state index is -4.42. The first kappa shape index (κ1) is 33.0. The molecule has 2 N–H and O–H groups in total. The summed E-state index contributed by atoms with van der Waals surface area (Å²) in [5.41, 5.74) is 1.44. The van der Waals surface area contributed by atoms with Gasteiger partial charge in [-0.3, -0.25) is 14.1 Å². The molecule has 2 fully saturated rings. The summed E-state index contributed by atoms with van der Waals surface area (Å²) < 4.78 is 66.7. The molecule has 5 heterocycles. The SMILES string of the molecule is O=C1CCC2(CCN(c3cccc4c3ncn4-c3ccc4ncnc(Nc5c(F)ccc(NS(=O)(=O)c6cccc(Cl)c6Cl)c5F)c4n3)CC2)O1. The molecule has 0 unspecified atom stereocenters. The first-order valence-electron chi connectivity index (χ1n) is 15.8. The third kappa shape index (κ3) is 5.94. The second-order valence-corrected chi connectivity index (χ2v) is 14.7. The fourth-order valence-electron chi connectivity index (χ4n) is 6.55. The van der Waals surface area contributed by atoms with Crippen molar-refractivity contribution in [3.8, 4) is 5.82 Å². The summed E-state index contributed by atoms with van der Waals surface area (Å²) in [6.45, 7) is 1.42. The van der Waals surface area contributed by atoms with Gasteiger partial charge in [-0.1, -0.05) is 35.3 Å². The van der Waals surface area contributed by atoms with E-state index in [9.17, 15) is 13.2 Å². The highest BCUT2D eigenvalue weighted by Crippen LogP contribution is 2.39. The predicted molar refractivity (Wildman–Crippen MR) is 188 cm³/mol. The second-order valence-electron chi connectivity index (χ2n) is 12.2. The first-order chi connectivity index (χ1) is 24.5. The fourth-order valence-corrected chi connectivity index (χ4v) is 8.38. The number of imidazole rings is 1. The average molecular weight is 752 g/mol. The molecule has 2 saturated heterocycles. The van der Waals surface area contributed by atoms with Gasteiger partial charge >= 0.3 is 5.97 Å². The van der Waals surface area contributed by atoms with E-state index in [1.807, 2.05) is 18.2 Å². The lowest BCUT2D eigenvalue weighted by atomic mass is 9.88. The largest absolute Gasteiger partial charge is 0.459 e. The van der Waals surface area contributed by atoms with Crippen molar-refractivity contribution in [1.82, 2.24) is 24.5 Å². The third-order valence-electron chi connectivity index (χ3n) is 9.18. The number of aromatic nitrogens is 5. The third-order valence-corrected chi connectivity index (χ3v) is 11.5. The van der Waals surface area contributed by atoms with Crippen LogP contribution in [-0.2, 0) is 19.6 Å². The van der Waals surface area contributed by atoms with Crippen molar-refractivity contribution in [1.29, 1.82) is 0 Å². The molecule has 0 aliphatic carbocycles. The Hall–Kier alpha value is -5.12. The number of nitrogens with zero attached hydrogens (tertiary/aromatic N) is 6. The number of ether oxygens (including phenoxy) is 1. The second kappa shape index (κ2) is 12.6. The van der Waals surface area contributed by atoms with E-state index in [1.165, 1.54) is 24.5 Å². The number of hydrogen-bond donors (Lipinski definition) is 2. The van der Waals surface area contributed by atoms with Crippen LogP contribution < -0.4 is 14.9 Å². The minimum Gasteiger partial charge on any atom is -0.459 e. The molecular formula is C34H26Cl2F2N8O4S. The van der Waals surface area contributed by atoms with Gasteiger partial charge in [-0.2, -0.15) is 0 Å². The lowest BCUT2D eigenvalue weighted by Gasteiger charge is -2.39. The summed E-state index contributed by atoms with van der Waals surface area (Å²) in [5, 5.41) is 2.39. The van der Waals surface area contributed by atoms with Crippen molar-refractivity contribution in [2.75, 3.05) is 28.0 Å². The number of benzene rings is 3. The van der Waals surface area contributed by atoms with E-state index < -0.39 is 33.0 Å². The van der Waals surface area contributed by atoms with Crippen molar-refractivity contribution >= 4 is 84.1 Å². The molecule has 3 aromatic heterocycles. The van der Waals surface area contributed by atoms with E-state index in [-0.39, 0.29) is 37.8 Å². The molecule has 260 valence electrons. The molecule has 0 atom stereocenters. The van der Waals surface area contributed by atoms with Gasteiger partial charge in [0, 0.05) is 32.4 Å². The van der Waals surface area contributed by atoms with Crippen LogP contribution in [0.2, 0.25) is 10.0 Å². The predicted octanol–water partition coefficient (Wildman–Crippen LogP) is 7.17. The molecule has 6 aromatic rings. The molecule has 2 aliphatic heterocycles. The van der Waals surface area contributed by atoms with Crippen LogP contribution in [0.3, 0.4) is 0 Å². The number of halogens is 4. The van der Waals surface area contributed by atoms with Crippen LogP contribution in [0.1, 0.15) is 25.7 Å². The maximum atomic E-state index is 15.8. The number of fused-ring (bicyclic) bond motifs is 2. The minimum absolute atomic E-state index is 0.0117. The number of sulfonamides is 1. The van der Waals surface area contributed by atoms with Crippen molar-refractivity contribution in [2.24, 2.45) is 0 Å². The number of hydrogen-bond acceptors (Lipinski definition) is 10. The topological polar surface area (TPSA) is 144 Å². The number of para-hydroxylation sites is 1. The number of piperidine rings is 1. The molecule has 12 nitrogen and oxygen atoms in total. The Morgan fingerprint density at radius 3 is 2.49 bits per heavy atom. The Balaban J connectivity index is 1.10. The van der Waals surface area contributed by atoms with E-state index in [2.05, 4.69) is 24.9 Å². The standard InChI is InChI=1S/C34H26Cl2F2N8O4S/c35-19-3-1-6-25(28(19)36)51(48,49)44-21-8-7-20(37)30(29(21)38)43-33-31-22(39-17-40-33)9-10-26(42-31)46-18-41-32-23(4-2-5-24(32)46)45-15-13-34(14-16-45)12-11-27(47)50-34/h1-10,17-18,44H,11-16H2,(H,39,40,43). The first-order valence-corrected chi connectivity index (χ1v) is 18.0. The highest BCUT2D eigenvalue weighted by Gasteiger charge is 2.43. The Morgan fingerprint density at radius 1 is 0.902 bits per heavy atom. The van der Waals surface area contributed by atoms with Crippen molar-refractivity contribution < 1.29 is 26.7 Å². The molecule has 0 saturated carbocycles. The molecule has 2 aliphatic rings. The van der Waals surface area contributed by atoms with Gasteiger partial charge in [0.25, 0.3) is 10.0 Å². The average Bonchev–Trinajstić information content (AvgIpc) is 3.72. The zero-order valence-corrected chi connectivity index (χ0v) is 28.7. The van der Waals surface area contributed by atoms with Crippen molar-refractivity contribution in [3.63, 3.8) is 0 Å². The van der Waals surface area contributed by atoms with E-state index in [4.69, 9.17) is 37.9 Å². The van der Waals surface area contributed by atoms with Gasteiger partial charge in [0.15, 0.2) is 11.6 Å². The number of anilines is 4. The summed E-state index contributed by atoms with van der Waals surface area (Å²) >= 11 is 12.1. The van der Waals surface area contributed by atoms with Crippen LogP contribution in [0.5, 0.6) is 0 Å². The summed E-state index contributed by atoms with van der Waals surface area (Å²) in [4.78, 5) is 31.6. The van der Waals surface area contributed by atoms with Crippen LogP contribution in [0, 0.1) is 11.6 Å². The quantitative estimate of drug-likeness (QED) is 0.161. The number of rotatable bonds is 7. The molecular weight excluding hydrogens is 725 g/mol. The van der Waals surface area contributed by atoms with Crippen LogP contribution in [0.25, 0.3) is 27.9 Å². The number of carbonyl (C=O) groups excluding carboxylic acids is 1. The lowest BCUT2D eigenvalue weighted by molar-refractivity contribution is -0.149. The maximum absolute atomic E-state index is 15.8. The molecule has 0 bridgehead atoms. The number of esters is 1. The van der Waals surface area contributed by atoms with Crippen LogP contribution in [0.15, 0.2) is 78.2 Å². The molecule has 0 radical (unpaired) electrons. The fraction of sp³-hybridized carbons (Fsp3) is 0.206. The zero-order chi connectivity index (χ0) is 35.5. The summed E-state index contributed by atoms with van der Waals surface area (Å²) in [6, 6.07) is 15.1. The van der Waals surface area contributed by atoms with Gasteiger partial charge in [0.2, 0.25) is 0 Å². The monoisotopic (exact) mass is 750 g/mol. The summed E-state index contributed by atoms with van der Waals surface area (Å²) in [7, 11) is -4.42. The van der Waals surface area contributed by atoms with Gasteiger partial charge in [-0.05, 0) is 55.0 Å². The summed E-state index contributed by atoms with van der Waals surface area (Å²) in [5.74, 6) is -1.97. The smallest absolute Gasteiger partial charge is 0.306 e. The maximum Gasteiger partial charge on any atom is 0.306 e. The number of nitrogens with one attached hydrogen (secondary N) is 2. The van der Waals surface area contributed by atoms with Crippen LogP contribution in [-0.4, -0.2) is 57.6 Å². The molecule has 0 amide bonds. The van der Waals surface area contributed by atoms with E-state index in [0.717, 1.165) is 48.1 Å².